The lowest BCUT2D eigenvalue weighted by Gasteiger charge is -2.14. The van der Waals surface area contributed by atoms with Crippen molar-refractivity contribution >= 4 is 22.4 Å². The summed E-state index contributed by atoms with van der Waals surface area (Å²) in [6, 6.07) is 7.76. The molecule has 2 heterocycles. The molecule has 26 heavy (non-hydrogen) atoms. The van der Waals surface area contributed by atoms with Crippen LogP contribution in [-0.4, -0.2) is 32.8 Å². The van der Waals surface area contributed by atoms with Gasteiger partial charge >= 0.3 is 6.61 Å². The quantitative estimate of drug-likeness (QED) is 0.706. The molecule has 3 rings (SSSR count). The second-order valence-corrected chi connectivity index (χ2v) is 6.05. The maximum Gasteiger partial charge on any atom is 0.387 e. The molecule has 0 atom stereocenters. The average Bonchev–Trinajstić information content (AvgIpc) is 2.99. The number of aromatic hydroxyl groups is 1. The fourth-order valence-electron chi connectivity index (χ4n) is 2.28. The minimum atomic E-state index is -3.00. The van der Waals surface area contributed by atoms with Gasteiger partial charge in [0.25, 0.3) is 11.1 Å². The lowest BCUT2D eigenvalue weighted by atomic mass is 9.99. The van der Waals surface area contributed by atoms with Crippen LogP contribution < -0.4 is 10.1 Å². The number of nitrogens with zero attached hydrogens (tertiary/aromatic N) is 3. The van der Waals surface area contributed by atoms with Gasteiger partial charge in [-0.3, -0.25) is 15.1 Å². The Labute approximate surface area is 150 Å². The molecule has 3 aromatic rings. The number of alkyl halides is 2. The van der Waals surface area contributed by atoms with Crippen LogP contribution in [0.5, 0.6) is 10.9 Å². The third-order valence-electron chi connectivity index (χ3n) is 3.31. The molecule has 10 heteroatoms. The van der Waals surface area contributed by atoms with Crippen molar-refractivity contribution in [2.45, 2.75) is 13.5 Å². The topological polar surface area (TPSA) is 97.2 Å². The summed E-state index contributed by atoms with van der Waals surface area (Å²) in [5.41, 5.74) is 1.43. The molecule has 134 valence electrons. The molecule has 0 spiro atoms. The van der Waals surface area contributed by atoms with Crippen LogP contribution in [0, 0.1) is 6.92 Å². The van der Waals surface area contributed by atoms with E-state index < -0.39 is 12.5 Å². The lowest BCUT2D eigenvalue weighted by Crippen LogP contribution is -2.14. The predicted octanol–water partition coefficient (Wildman–Crippen LogP) is 3.47. The number of nitrogens with one attached hydrogen (secondary N) is 1. The maximum absolute atomic E-state index is 12.7. The Hall–Kier alpha value is -3.14. The second kappa shape index (κ2) is 7.40. The highest BCUT2D eigenvalue weighted by atomic mass is 32.1. The van der Waals surface area contributed by atoms with Crippen LogP contribution in [0.4, 0.5) is 13.9 Å². The van der Waals surface area contributed by atoms with Gasteiger partial charge in [0.1, 0.15) is 5.75 Å². The molecule has 1 aromatic carbocycles. The summed E-state index contributed by atoms with van der Waals surface area (Å²) in [4.78, 5) is 16.7. The van der Waals surface area contributed by atoms with E-state index in [0.29, 0.717) is 16.8 Å². The molecule has 0 unspecified atom stereocenters. The first kappa shape index (κ1) is 17.7. The second-order valence-electron chi connectivity index (χ2n) is 5.09. The largest absolute Gasteiger partial charge is 0.484 e. The van der Waals surface area contributed by atoms with E-state index >= 15 is 0 Å². The van der Waals surface area contributed by atoms with Crippen LogP contribution >= 0.6 is 11.3 Å². The summed E-state index contributed by atoms with van der Waals surface area (Å²) < 4.78 is 29.9. The van der Waals surface area contributed by atoms with Crippen LogP contribution in [0.25, 0.3) is 11.1 Å². The smallest absolute Gasteiger partial charge is 0.387 e. The van der Waals surface area contributed by atoms with Gasteiger partial charge in [0.05, 0.1) is 5.56 Å². The number of pyridine rings is 1. The van der Waals surface area contributed by atoms with Gasteiger partial charge in [0.2, 0.25) is 5.13 Å². The van der Waals surface area contributed by atoms with Crippen LogP contribution in [-0.2, 0) is 0 Å². The summed E-state index contributed by atoms with van der Waals surface area (Å²) in [5, 5.41) is 18.5. The molecule has 0 aliphatic carbocycles. The number of aromatic nitrogens is 3. The van der Waals surface area contributed by atoms with Crippen molar-refractivity contribution in [3.05, 3.63) is 47.8 Å². The zero-order chi connectivity index (χ0) is 18.7. The van der Waals surface area contributed by atoms with Gasteiger partial charge in [-0.25, -0.2) is 0 Å². The van der Waals surface area contributed by atoms with Gasteiger partial charge in [-0.2, -0.15) is 8.78 Å². The Morgan fingerprint density at radius 1 is 1.27 bits per heavy atom. The molecule has 2 aromatic heterocycles. The molecule has 1 amide bonds. The van der Waals surface area contributed by atoms with Crippen molar-refractivity contribution in [1.82, 2.24) is 15.2 Å². The SMILES string of the molecule is Cc1cc(-c2ccccc2OC(F)F)c(C(=O)Nc2nnc(O)s2)cn1. The normalized spacial score (nSPS) is 10.8. The van der Waals surface area contributed by atoms with Crippen molar-refractivity contribution in [3.63, 3.8) is 0 Å². The van der Waals surface area contributed by atoms with Crippen molar-refractivity contribution in [2.75, 3.05) is 5.32 Å². The Kier molecular flexibility index (Phi) is 5.03. The summed E-state index contributed by atoms with van der Waals surface area (Å²) in [6.45, 7) is -1.29. The van der Waals surface area contributed by atoms with E-state index in [2.05, 4.69) is 25.2 Å². The number of hydrogen-bond acceptors (Lipinski definition) is 7. The number of halogens is 2. The van der Waals surface area contributed by atoms with E-state index in [1.165, 1.54) is 12.3 Å². The number of aryl methyl sites for hydroxylation is 1. The summed E-state index contributed by atoms with van der Waals surface area (Å²) in [5.74, 6) is -0.633. The van der Waals surface area contributed by atoms with E-state index in [1.54, 1.807) is 31.2 Å². The van der Waals surface area contributed by atoms with Crippen molar-refractivity contribution in [3.8, 4) is 22.1 Å². The number of amides is 1. The van der Waals surface area contributed by atoms with Crippen LogP contribution in [0.1, 0.15) is 16.1 Å². The standard InChI is InChI=1S/C16H12F2N4O3S/c1-8-6-10(9-4-2-3-5-12(9)25-14(17)18)11(7-19-8)13(23)20-15-21-22-16(24)26-15/h2-7,14H,1H3,(H,22,24)(H,20,21,23). The molecule has 0 fully saturated rings. The number of rotatable bonds is 5. The van der Waals surface area contributed by atoms with Gasteiger partial charge in [0.15, 0.2) is 0 Å². The number of anilines is 1. The fraction of sp³-hybridized carbons (Fsp3) is 0.125. The number of para-hydroxylation sites is 1. The van der Waals surface area contributed by atoms with E-state index in [-0.39, 0.29) is 21.6 Å². The Morgan fingerprint density at radius 2 is 2.04 bits per heavy atom. The van der Waals surface area contributed by atoms with Crippen LogP contribution in [0.15, 0.2) is 36.5 Å². The number of carbonyl (C=O) groups excluding carboxylic acids is 1. The number of carbonyl (C=O) groups is 1. The molecule has 0 saturated heterocycles. The first-order valence-corrected chi connectivity index (χ1v) is 8.10. The van der Waals surface area contributed by atoms with Gasteiger partial charge in [-0.1, -0.05) is 23.3 Å². The number of ether oxygens (including phenoxy) is 1. The molecule has 7 nitrogen and oxygen atoms in total. The zero-order valence-electron chi connectivity index (χ0n) is 13.3. The van der Waals surface area contributed by atoms with Crippen molar-refractivity contribution < 1.29 is 23.4 Å². The first-order valence-electron chi connectivity index (χ1n) is 7.28. The molecule has 0 aliphatic rings. The molecule has 2 N–H and O–H groups in total. The van der Waals surface area contributed by atoms with E-state index in [9.17, 15) is 18.7 Å². The molecule has 0 aliphatic heterocycles. The van der Waals surface area contributed by atoms with Gasteiger partial charge < -0.3 is 9.84 Å². The van der Waals surface area contributed by atoms with E-state index in [4.69, 9.17) is 0 Å². The Morgan fingerprint density at radius 3 is 2.73 bits per heavy atom. The van der Waals surface area contributed by atoms with Crippen LogP contribution in [0.3, 0.4) is 0 Å². The first-order chi connectivity index (χ1) is 12.4. The molecule has 0 saturated carbocycles. The third kappa shape index (κ3) is 3.91. The third-order valence-corrected chi connectivity index (χ3v) is 3.95. The predicted molar refractivity (Wildman–Crippen MR) is 90.6 cm³/mol. The fourth-order valence-corrected chi connectivity index (χ4v) is 2.76. The van der Waals surface area contributed by atoms with Crippen molar-refractivity contribution in [2.24, 2.45) is 0 Å². The minimum absolute atomic E-state index is 0.0595. The number of hydrogen-bond donors (Lipinski definition) is 2. The molecule has 0 radical (unpaired) electrons. The highest BCUT2D eigenvalue weighted by molar-refractivity contribution is 7.17. The van der Waals surface area contributed by atoms with Gasteiger partial charge in [-0.05, 0) is 30.4 Å². The maximum atomic E-state index is 12.7. The van der Waals surface area contributed by atoms with Gasteiger partial charge in [-0.15, -0.1) is 5.10 Å². The zero-order valence-corrected chi connectivity index (χ0v) is 14.1. The molecule has 0 bridgehead atoms. The molecular formula is C16H12F2N4O3S. The molecular weight excluding hydrogens is 366 g/mol. The van der Waals surface area contributed by atoms with Crippen LogP contribution in [0.2, 0.25) is 0 Å². The summed E-state index contributed by atoms with van der Waals surface area (Å²) in [6.07, 6.45) is 1.33. The highest BCUT2D eigenvalue weighted by Gasteiger charge is 2.19. The summed E-state index contributed by atoms with van der Waals surface area (Å²) in [7, 11) is 0. The summed E-state index contributed by atoms with van der Waals surface area (Å²) >= 11 is 0.784. The lowest BCUT2D eigenvalue weighted by molar-refractivity contribution is -0.0494. The average molecular weight is 378 g/mol. The minimum Gasteiger partial charge on any atom is -0.484 e. The van der Waals surface area contributed by atoms with Gasteiger partial charge in [0, 0.05) is 23.0 Å². The Bertz CT molecular complexity index is 949. The monoisotopic (exact) mass is 378 g/mol. The number of benzene rings is 1. The highest BCUT2D eigenvalue weighted by Crippen LogP contribution is 2.34. The Balaban J connectivity index is 2.03. The van der Waals surface area contributed by atoms with E-state index in [1.807, 2.05) is 0 Å². The van der Waals surface area contributed by atoms with Crippen molar-refractivity contribution in [1.29, 1.82) is 0 Å². The van der Waals surface area contributed by atoms with E-state index in [0.717, 1.165) is 11.3 Å².